The van der Waals surface area contributed by atoms with Gasteiger partial charge in [0.2, 0.25) is 5.72 Å². The smallest absolute Gasteiger partial charge is 0.387 e. The predicted molar refractivity (Wildman–Crippen MR) is 111 cm³/mol. The second-order valence-corrected chi connectivity index (χ2v) is 8.51. The second-order valence-electron chi connectivity index (χ2n) is 7.50. The average molecular weight is 444 g/mol. The maximum Gasteiger partial charge on any atom is 0.387 e. The van der Waals surface area contributed by atoms with Gasteiger partial charge in [-0.15, -0.1) is 0 Å². The molecular formula is C22H18F2N2O4S. The molecule has 0 aliphatic carbocycles. The first-order valence-electron chi connectivity index (χ1n) is 9.61. The largest absolute Gasteiger partial charge is 0.493 e. The van der Waals surface area contributed by atoms with E-state index in [1.807, 2.05) is 31.2 Å². The third-order valence-corrected chi connectivity index (χ3v) is 6.35. The van der Waals surface area contributed by atoms with Crippen molar-refractivity contribution in [2.75, 3.05) is 7.11 Å². The van der Waals surface area contributed by atoms with Crippen LogP contribution in [-0.4, -0.2) is 24.0 Å². The van der Waals surface area contributed by atoms with Gasteiger partial charge in [0.05, 0.1) is 17.7 Å². The summed E-state index contributed by atoms with van der Waals surface area (Å²) < 4.78 is 43.0. The number of hydrogen-bond acceptors (Lipinski definition) is 6. The van der Waals surface area contributed by atoms with Crippen LogP contribution in [0.2, 0.25) is 0 Å². The monoisotopic (exact) mass is 444 g/mol. The molecule has 0 radical (unpaired) electrons. The number of benzene rings is 2. The molecule has 3 heterocycles. The molecule has 1 aromatic heterocycles. The van der Waals surface area contributed by atoms with Gasteiger partial charge in [0.25, 0.3) is 5.56 Å². The summed E-state index contributed by atoms with van der Waals surface area (Å²) >= 11 is 1.27. The van der Waals surface area contributed by atoms with Crippen molar-refractivity contribution in [2.24, 2.45) is 4.99 Å². The topological polar surface area (TPSA) is 62.1 Å². The fourth-order valence-corrected chi connectivity index (χ4v) is 5.18. The number of alkyl halides is 2. The zero-order chi connectivity index (χ0) is 21.8. The van der Waals surface area contributed by atoms with E-state index >= 15 is 0 Å². The Morgan fingerprint density at radius 1 is 1.29 bits per heavy atom. The Labute approximate surface area is 179 Å². The number of hydrogen-bond donors (Lipinski definition) is 0. The Morgan fingerprint density at radius 3 is 2.87 bits per heavy atom. The summed E-state index contributed by atoms with van der Waals surface area (Å²) in [7, 11) is 1.37. The van der Waals surface area contributed by atoms with E-state index < -0.39 is 12.3 Å². The van der Waals surface area contributed by atoms with E-state index in [9.17, 15) is 13.6 Å². The van der Waals surface area contributed by atoms with Gasteiger partial charge in [-0.3, -0.25) is 9.36 Å². The third-order valence-electron chi connectivity index (χ3n) is 5.36. The van der Waals surface area contributed by atoms with Gasteiger partial charge in [0.1, 0.15) is 5.75 Å². The minimum Gasteiger partial charge on any atom is -0.493 e. The molecule has 2 aliphatic heterocycles. The molecule has 0 fully saturated rings. The molecule has 160 valence electrons. The normalized spacial score (nSPS) is 21.7. The number of para-hydroxylation sites is 1. The maximum atomic E-state index is 13.3. The summed E-state index contributed by atoms with van der Waals surface area (Å²) in [5.74, 6) is 0.826. The van der Waals surface area contributed by atoms with Crippen molar-refractivity contribution >= 4 is 17.4 Å². The van der Waals surface area contributed by atoms with Crippen LogP contribution < -0.4 is 29.1 Å². The Bertz CT molecular complexity index is 1350. The zero-order valence-electron chi connectivity index (χ0n) is 16.7. The van der Waals surface area contributed by atoms with Gasteiger partial charge in [-0.1, -0.05) is 35.6 Å². The van der Waals surface area contributed by atoms with E-state index in [1.54, 1.807) is 22.8 Å². The fourth-order valence-electron chi connectivity index (χ4n) is 4.06. The lowest BCUT2D eigenvalue weighted by molar-refractivity contribution is -0.0512. The summed E-state index contributed by atoms with van der Waals surface area (Å²) in [6, 6.07) is 12.1. The van der Waals surface area contributed by atoms with Crippen LogP contribution in [0.3, 0.4) is 0 Å². The molecule has 0 unspecified atom stereocenters. The van der Waals surface area contributed by atoms with Crippen LogP contribution in [0.1, 0.15) is 30.5 Å². The lowest BCUT2D eigenvalue weighted by Gasteiger charge is -2.39. The quantitative estimate of drug-likeness (QED) is 0.621. The second kappa shape index (κ2) is 7.19. The minimum atomic E-state index is -2.95. The number of methoxy groups -OCH3 is 1. The van der Waals surface area contributed by atoms with Crippen molar-refractivity contribution in [1.29, 1.82) is 0 Å². The molecule has 6 nitrogen and oxygen atoms in total. The molecule has 9 heteroatoms. The first-order chi connectivity index (χ1) is 14.9. The van der Waals surface area contributed by atoms with Crippen molar-refractivity contribution in [3.05, 3.63) is 73.3 Å². The molecule has 2 atom stereocenters. The molecule has 3 aromatic rings. The van der Waals surface area contributed by atoms with Gasteiger partial charge < -0.3 is 14.2 Å². The fraction of sp³-hybridized carbons (Fsp3) is 0.273. The molecule has 0 saturated heterocycles. The summed E-state index contributed by atoms with van der Waals surface area (Å²) in [6.45, 7) is -1.04. The first kappa shape index (κ1) is 19.7. The number of halogens is 2. The number of rotatable bonds is 4. The van der Waals surface area contributed by atoms with Crippen LogP contribution in [0.5, 0.6) is 17.2 Å². The molecule has 2 aromatic carbocycles. The Morgan fingerprint density at radius 2 is 2.10 bits per heavy atom. The van der Waals surface area contributed by atoms with Crippen LogP contribution in [0, 0.1) is 0 Å². The van der Waals surface area contributed by atoms with Crippen molar-refractivity contribution in [3.8, 4) is 17.2 Å². The Hall–Kier alpha value is -3.20. The molecular weight excluding hydrogens is 426 g/mol. The molecule has 2 aliphatic rings. The van der Waals surface area contributed by atoms with Gasteiger partial charge in [0, 0.05) is 12.0 Å². The van der Waals surface area contributed by atoms with Crippen LogP contribution in [0.25, 0.3) is 6.08 Å². The maximum absolute atomic E-state index is 13.3. The van der Waals surface area contributed by atoms with Gasteiger partial charge >= 0.3 is 6.61 Å². The minimum absolute atomic E-state index is 0.0673. The predicted octanol–water partition coefficient (Wildman–Crippen LogP) is 3.07. The van der Waals surface area contributed by atoms with Crippen molar-refractivity contribution in [3.63, 3.8) is 0 Å². The van der Waals surface area contributed by atoms with Gasteiger partial charge in [-0.2, -0.15) is 8.78 Å². The van der Waals surface area contributed by atoms with E-state index in [1.165, 1.54) is 24.5 Å². The van der Waals surface area contributed by atoms with Gasteiger partial charge in [-0.05, 0) is 36.8 Å². The molecule has 31 heavy (non-hydrogen) atoms. The lowest BCUT2D eigenvalue weighted by Crippen LogP contribution is -2.49. The molecule has 0 spiro atoms. The SMILES string of the molecule is COc1cc(/C=c2/sc3n(c2=O)[C@@H]2C[C@@](C)(N=3)Oc3ccccc32)ccc1OC(F)F. The molecule has 2 bridgehead atoms. The van der Waals surface area contributed by atoms with Crippen LogP contribution in [-0.2, 0) is 0 Å². The highest BCUT2D eigenvalue weighted by Crippen LogP contribution is 2.42. The molecule has 0 amide bonds. The molecule has 0 N–H and O–H groups in total. The number of thiazole rings is 1. The zero-order valence-corrected chi connectivity index (χ0v) is 17.5. The number of nitrogens with zero attached hydrogens (tertiary/aromatic N) is 2. The van der Waals surface area contributed by atoms with E-state index in [-0.39, 0.29) is 23.1 Å². The van der Waals surface area contributed by atoms with E-state index in [4.69, 9.17) is 14.5 Å². The number of fused-ring (bicyclic) bond motifs is 6. The van der Waals surface area contributed by atoms with Crippen molar-refractivity contribution in [2.45, 2.75) is 31.7 Å². The Balaban J connectivity index is 1.63. The van der Waals surface area contributed by atoms with E-state index in [0.29, 0.717) is 21.3 Å². The highest BCUT2D eigenvalue weighted by molar-refractivity contribution is 7.07. The summed E-state index contributed by atoms with van der Waals surface area (Å²) in [5, 5.41) is 0. The summed E-state index contributed by atoms with van der Waals surface area (Å²) in [5.41, 5.74) is 0.697. The Kier molecular flexibility index (Phi) is 4.58. The van der Waals surface area contributed by atoms with Crippen molar-refractivity contribution < 1.29 is 23.0 Å². The lowest BCUT2D eigenvalue weighted by atomic mass is 9.93. The van der Waals surface area contributed by atoms with E-state index in [0.717, 1.165) is 11.3 Å². The number of aromatic nitrogens is 1. The van der Waals surface area contributed by atoms with Gasteiger partial charge in [0.15, 0.2) is 16.3 Å². The standard InChI is InChI=1S/C22H18F2N2O4S/c1-22-11-14(13-5-3-4-6-15(13)30-22)26-19(27)18(31-21(26)25-22)10-12-7-8-16(29-20(23)24)17(9-12)28-2/h3-10,14,20H,11H2,1-2H3/b18-10+/t14-,22+/m1/s1. The van der Waals surface area contributed by atoms with Crippen molar-refractivity contribution in [1.82, 2.24) is 4.57 Å². The van der Waals surface area contributed by atoms with E-state index in [2.05, 4.69) is 4.74 Å². The first-order valence-corrected chi connectivity index (χ1v) is 10.4. The highest BCUT2D eigenvalue weighted by atomic mass is 32.1. The number of ether oxygens (including phenoxy) is 3. The molecule has 0 saturated carbocycles. The highest BCUT2D eigenvalue weighted by Gasteiger charge is 2.42. The summed E-state index contributed by atoms with van der Waals surface area (Å²) in [4.78, 5) is 18.6. The van der Waals surface area contributed by atoms with Gasteiger partial charge in [-0.25, -0.2) is 4.99 Å². The van der Waals surface area contributed by atoms with Crippen LogP contribution in [0.4, 0.5) is 8.78 Å². The average Bonchev–Trinajstić information content (AvgIpc) is 3.02. The molecule has 5 rings (SSSR count). The van der Waals surface area contributed by atoms with Crippen LogP contribution in [0.15, 0.2) is 52.3 Å². The summed E-state index contributed by atoms with van der Waals surface area (Å²) in [6.07, 6.45) is 2.27. The third kappa shape index (κ3) is 3.38. The van der Waals surface area contributed by atoms with Crippen LogP contribution >= 0.6 is 11.3 Å².